The molecule has 0 saturated carbocycles. The average molecular weight is 455 g/mol. The van der Waals surface area contributed by atoms with Crippen molar-refractivity contribution in [3.63, 3.8) is 0 Å². The van der Waals surface area contributed by atoms with Gasteiger partial charge in [0.05, 0.1) is 0 Å². The van der Waals surface area contributed by atoms with Crippen molar-refractivity contribution in [3.05, 3.63) is 58.6 Å². The minimum absolute atomic E-state index is 0.0000421. The number of amides is 2. The first-order valence-corrected chi connectivity index (χ1v) is 11.5. The third kappa shape index (κ3) is 5.08. The molecular weight excluding hydrogens is 424 g/mol. The molecule has 2 aromatic rings. The molecule has 2 unspecified atom stereocenters. The molecule has 2 amide bonds. The highest BCUT2D eigenvalue weighted by atomic mass is 35.5. The van der Waals surface area contributed by atoms with Crippen LogP contribution in [0.25, 0.3) is 0 Å². The first-order valence-electron chi connectivity index (χ1n) is 11.1. The van der Waals surface area contributed by atoms with E-state index < -0.39 is 0 Å². The second kappa shape index (κ2) is 9.51. The maximum atomic E-state index is 12.9. The number of nitrogens with zero attached hydrogens (tertiary/aromatic N) is 3. The van der Waals surface area contributed by atoms with Gasteiger partial charge in [-0.2, -0.15) is 0 Å². The number of nitrogens with one attached hydrogen (secondary N) is 1. The summed E-state index contributed by atoms with van der Waals surface area (Å²) in [6.07, 6.45) is 0.450. The number of likely N-dealkylation sites (tertiary alicyclic amines) is 2. The second-order valence-corrected chi connectivity index (χ2v) is 9.60. The lowest BCUT2D eigenvalue weighted by molar-refractivity contribution is -0.116. The molecule has 2 aromatic carbocycles. The van der Waals surface area contributed by atoms with E-state index in [9.17, 15) is 9.59 Å². The number of benzene rings is 2. The van der Waals surface area contributed by atoms with Gasteiger partial charge in [0, 0.05) is 75.2 Å². The Morgan fingerprint density at radius 1 is 1.03 bits per heavy atom. The number of fused-ring (bicyclic) bond motifs is 1. The lowest BCUT2D eigenvalue weighted by Gasteiger charge is -2.22. The highest BCUT2D eigenvalue weighted by Gasteiger charge is 2.41. The lowest BCUT2D eigenvalue weighted by atomic mass is 10.0. The van der Waals surface area contributed by atoms with Crippen LogP contribution in [0.1, 0.15) is 22.3 Å². The molecule has 2 aliphatic rings. The smallest absolute Gasteiger partial charge is 0.253 e. The van der Waals surface area contributed by atoms with Crippen LogP contribution in [-0.2, 0) is 4.79 Å². The summed E-state index contributed by atoms with van der Waals surface area (Å²) in [5.74, 6) is 1.09. The van der Waals surface area contributed by atoms with Gasteiger partial charge in [-0.3, -0.25) is 9.59 Å². The zero-order valence-electron chi connectivity index (χ0n) is 19.0. The van der Waals surface area contributed by atoms with Gasteiger partial charge in [-0.1, -0.05) is 17.7 Å². The molecule has 6 nitrogen and oxygen atoms in total. The predicted octanol–water partition coefficient (Wildman–Crippen LogP) is 3.75. The van der Waals surface area contributed by atoms with Crippen LogP contribution in [0.4, 0.5) is 11.4 Å². The monoisotopic (exact) mass is 454 g/mol. The summed E-state index contributed by atoms with van der Waals surface area (Å²) in [6, 6.07) is 13.4. The fourth-order valence-corrected chi connectivity index (χ4v) is 4.86. The summed E-state index contributed by atoms with van der Waals surface area (Å²) in [5.41, 5.74) is 3.56. The van der Waals surface area contributed by atoms with Gasteiger partial charge in [0.25, 0.3) is 5.91 Å². The Kier molecular flexibility index (Phi) is 6.72. The van der Waals surface area contributed by atoms with E-state index in [0.717, 1.165) is 55.2 Å². The summed E-state index contributed by atoms with van der Waals surface area (Å²) in [6.45, 7) is 6.15. The van der Waals surface area contributed by atoms with E-state index in [1.807, 2.05) is 67.2 Å². The Balaban J connectivity index is 1.23. The summed E-state index contributed by atoms with van der Waals surface area (Å²) in [4.78, 5) is 31.6. The fourth-order valence-electron chi connectivity index (χ4n) is 4.68. The van der Waals surface area contributed by atoms with Gasteiger partial charge in [0.15, 0.2) is 0 Å². The van der Waals surface area contributed by atoms with E-state index in [4.69, 9.17) is 11.6 Å². The average Bonchev–Trinajstić information content (AvgIpc) is 3.33. The number of aryl methyl sites for hydroxylation is 1. The van der Waals surface area contributed by atoms with Crippen LogP contribution in [-0.4, -0.2) is 68.4 Å². The minimum Gasteiger partial charge on any atom is -0.378 e. The summed E-state index contributed by atoms with van der Waals surface area (Å²) >= 11 is 6.14. The number of carbonyl (C=O) groups is 2. The number of rotatable bonds is 6. The van der Waals surface area contributed by atoms with Gasteiger partial charge in [-0.25, -0.2) is 0 Å². The SMILES string of the molecule is Cc1ccc(NC(=O)CCN2CC3CN(C(=O)c4ccc(N(C)C)cc4)CC3C2)cc1Cl. The van der Waals surface area contributed by atoms with Gasteiger partial charge >= 0.3 is 0 Å². The van der Waals surface area contributed by atoms with Gasteiger partial charge in [0.1, 0.15) is 0 Å². The van der Waals surface area contributed by atoms with Crippen molar-refractivity contribution in [1.29, 1.82) is 0 Å². The Morgan fingerprint density at radius 2 is 1.69 bits per heavy atom. The first-order chi connectivity index (χ1) is 15.3. The van der Waals surface area contributed by atoms with Crippen LogP contribution in [0.3, 0.4) is 0 Å². The molecule has 0 bridgehead atoms. The molecule has 2 aliphatic heterocycles. The maximum absolute atomic E-state index is 12.9. The molecule has 4 rings (SSSR count). The normalized spacial score (nSPS) is 20.3. The molecule has 2 saturated heterocycles. The predicted molar refractivity (Wildman–Crippen MR) is 130 cm³/mol. The van der Waals surface area contributed by atoms with Crippen LogP contribution in [0.2, 0.25) is 5.02 Å². The van der Waals surface area contributed by atoms with Gasteiger partial charge < -0.3 is 20.0 Å². The van der Waals surface area contributed by atoms with Crippen molar-refractivity contribution in [2.45, 2.75) is 13.3 Å². The molecule has 2 fully saturated rings. The maximum Gasteiger partial charge on any atom is 0.253 e. The molecule has 0 spiro atoms. The Morgan fingerprint density at radius 3 is 2.28 bits per heavy atom. The molecule has 0 aromatic heterocycles. The van der Waals surface area contributed by atoms with E-state index in [-0.39, 0.29) is 11.8 Å². The van der Waals surface area contributed by atoms with E-state index in [1.54, 1.807) is 6.07 Å². The molecule has 1 N–H and O–H groups in total. The van der Waals surface area contributed by atoms with E-state index in [0.29, 0.717) is 23.3 Å². The third-order valence-electron chi connectivity index (χ3n) is 6.59. The summed E-state index contributed by atoms with van der Waals surface area (Å²) in [7, 11) is 3.98. The number of hydrogen-bond donors (Lipinski definition) is 1. The van der Waals surface area contributed by atoms with Crippen molar-refractivity contribution < 1.29 is 9.59 Å². The Bertz CT molecular complexity index is 978. The number of carbonyl (C=O) groups excluding carboxylic acids is 2. The molecule has 2 atom stereocenters. The molecule has 0 radical (unpaired) electrons. The Labute approximate surface area is 195 Å². The van der Waals surface area contributed by atoms with Gasteiger partial charge in [-0.15, -0.1) is 0 Å². The van der Waals surface area contributed by atoms with Gasteiger partial charge in [0.2, 0.25) is 5.91 Å². The van der Waals surface area contributed by atoms with Crippen LogP contribution >= 0.6 is 11.6 Å². The third-order valence-corrected chi connectivity index (χ3v) is 7.00. The zero-order chi connectivity index (χ0) is 22.8. The van der Waals surface area contributed by atoms with Crippen LogP contribution in [0.5, 0.6) is 0 Å². The standard InChI is InChI=1S/C25H31ClN4O2/c1-17-4-7-21(12-23(17)26)27-24(31)10-11-29-13-19-15-30(16-20(19)14-29)25(32)18-5-8-22(9-6-18)28(2)3/h4-9,12,19-20H,10-11,13-16H2,1-3H3,(H,27,31). The largest absolute Gasteiger partial charge is 0.378 e. The van der Waals surface area contributed by atoms with E-state index in [2.05, 4.69) is 10.2 Å². The van der Waals surface area contributed by atoms with Crippen molar-refractivity contribution in [1.82, 2.24) is 9.80 Å². The Hall–Kier alpha value is -2.57. The summed E-state index contributed by atoms with van der Waals surface area (Å²) < 4.78 is 0. The van der Waals surface area contributed by atoms with Crippen LogP contribution in [0.15, 0.2) is 42.5 Å². The zero-order valence-corrected chi connectivity index (χ0v) is 19.7. The van der Waals surface area contributed by atoms with E-state index >= 15 is 0 Å². The summed E-state index contributed by atoms with van der Waals surface area (Å²) in [5, 5.41) is 3.58. The van der Waals surface area contributed by atoms with Crippen molar-refractivity contribution >= 4 is 34.8 Å². The van der Waals surface area contributed by atoms with Crippen LogP contribution in [0, 0.1) is 18.8 Å². The first kappa shape index (κ1) is 22.6. The van der Waals surface area contributed by atoms with Crippen LogP contribution < -0.4 is 10.2 Å². The van der Waals surface area contributed by atoms with Crippen molar-refractivity contribution in [2.75, 3.05) is 57.0 Å². The topological polar surface area (TPSA) is 55.9 Å². The van der Waals surface area contributed by atoms with Gasteiger partial charge in [-0.05, 0) is 60.7 Å². The highest BCUT2D eigenvalue weighted by Crippen LogP contribution is 2.32. The molecule has 170 valence electrons. The minimum atomic E-state index is -0.0000421. The van der Waals surface area contributed by atoms with Crippen molar-refractivity contribution in [3.8, 4) is 0 Å². The molecule has 32 heavy (non-hydrogen) atoms. The number of anilines is 2. The molecule has 0 aliphatic carbocycles. The quantitative estimate of drug-likeness (QED) is 0.722. The van der Waals surface area contributed by atoms with E-state index in [1.165, 1.54) is 0 Å². The number of hydrogen-bond acceptors (Lipinski definition) is 4. The fraction of sp³-hybridized carbons (Fsp3) is 0.440. The molecule has 7 heteroatoms. The molecular formula is C25H31ClN4O2. The van der Waals surface area contributed by atoms with Crippen molar-refractivity contribution in [2.24, 2.45) is 11.8 Å². The number of halogens is 1. The highest BCUT2D eigenvalue weighted by molar-refractivity contribution is 6.31. The lowest BCUT2D eigenvalue weighted by Crippen LogP contribution is -2.34. The molecule has 2 heterocycles. The second-order valence-electron chi connectivity index (χ2n) is 9.19.